The largest absolute Gasteiger partial charge is 0.387 e. The maximum absolute atomic E-state index is 12.9. The molecule has 0 spiro atoms. The first kappa shape index (κ1) is 18.3. The summed E-state index contributed by atoms with van der Waals surface area (Å²) in [6.07, 6.45) is 1.10. The van der Waals surface area contributed by atoms with Crippen molar-refractivity contribution in [3.8, 4) is 0 Å². The molecular weight excluding hydrogens is 331 g/mol. The van der Waals surface area contributed by atoms with Crippen LogP contribution in [-0.4, -0.2) is 41.2 Å². The van der Waals surface area contributed by atoms with E-state index in [9.17, 15) is 9.50 Å². The lowest BCUT2D eigenvalue weighted by molar-refractivity contribution is 0.179. The molecule has 0 fully saturated rings. The number of benzene rings is 1. The van der Waals surface area contributed by atoms with Gasteiger partial charge >= 0.3 is 0 Å². The van der Waals surface area contributed by atoms with E-state index in [4.69, 9.17) is 11.6 Å². The third-order valence-corrected chi connectivity index (χ3v) is 3.96. The molecule has 2 rings (SSSR count). The van der Waals surface area contributed by atoms with Crippen LogP contribution in [0.15, 0.2) is 41.5 Å². The lowest BCUT2D eigenvalue weighted by atomic mass is 10.1. The summed E-state index contributed by atoms with van der Waals surface area (Å²) >= 11 is 6.00. The highest BCUT2D eigenvalue weighted by atomic mass is 35.5. The summed E-state index contributed by atoms with van der Waals surface area (Å²) in [6.45, 7) is 0.895. The molecule has 0 aliphatic rings. The molecule has 1 aromatic carbocycles. The molecule has 2 N–H and O–H groups in total. The predicted molar refractivity (Wildman–Crippen MR) is 94.6 cm³/mol. The average Bonchev–Trinajstić information content (AvgIpc) is 2.85. The van der Waals surface area contributed by atoms with Crippen molar-refractivity contribution < 1.29 is 9.50 Å². The number of aliphatic hydroxyl groups excluding tert-OH is 1. The molecule has 0 amide bonds. The van der Waals surface area contributed by atoms with Crippen LogP contribution in [0.3, 0.4) is 0 Å². The van der Waals surface area contributed by atoms with Crippen LogP contribution >= 0.6 is 11.6 Å². The molecule has 0 aliphatic carbocycles. The van der Waals surface area contributed by atoms with Crippen molar-refractivity contribution in [1.82, 2.24) is 14.8 Å². The minimum Gasteiger partial charge on any atom is -0.387 e. The van der Waals surface area contributed by atoms with Gasteiger partial charge in [0.25, 0.3) is 0 Å². The molecule has 0 aliphatic heterocycles. The van der Waals surface area contributed by atoms with Gasteiger partial charge in [-0.25, -0.2) is 4.39 Å². The Morgan fingerprint density at radius 1 is 1.42 bits per heavy atom. The van der Waals surface area contributed by atoms with Gasteiger partial charge in [0, 0.05) is 39.6 Å². The van der Waals surface area contributed by atoms with E-state index in [1.54, 1.807) is 19.2 Å². The summed E-state index contributed by atoms with van der Waals surface area (Å²) in [4.78, 5) is 6.15. The van der Waals surface area contributed by atoms with E-state index < -0.39 is 6.10 Å². The molecule has 5 nitrogen and oxygen atoms in total. The maximum atomic E-state index is 12.9. The normalized spacial score (nSPS) is 13.0. The zero-order valence-corrected chi connectivity index (χ0v) is 14.8. The molecule has 1 unspecified atom stereocenters. The minimum absolute atomic E-state index is 0.274. The number of hydrogen-bond acceptors (Lipinski definition) is 2. The summed E-state index contributed by atoms with van der Waals surface area (Å²) in [5.41, 5.74) is 1.70. The number of rotatable bonds is 5. The standard InChI is InChI=1S/C17H22ClFN4O/c1-20-17(23(3)11-15-8-13(18)10-22(15)2)21-9-16(24)12-4-6-14(19)7-5-12/h4-8,10,16,24H,9,11H2,1-3H3,(H,20,21). The van der Waals surface area contributed by atoms with Crippen molar-refractivity contribution in [1.29, 1.82) is 0 Å². The van der Waals surface area contributed by atoms with Gasteiger partial charge in [0.05, 0.1) is 17.7 Å². The molecule has 1 atom stereocenters. The Morgan fingerprint density at radius 3 is 2.62 bits per heavy atom. The van der Waals surface area contributed by atoms with E-state index >= 15 is 0 Å². The number of guanidine groups is 1. The number of aryl methyl sites for hydroxylation is 1. The van der Waals surface area contributed by atoms with Crippen LogP contribution in [0.25, 0.3) is 0 Å². The van der Waals surface area contributed by atoms with E-state index in [0.29, 0.717) is 23.1 Å². The first-order valence-electron chi connectivity index (χ1n) is 7.56. The average molecular weight is 353 g/mol. The van der Waals surface area contributed by atoms with Crippen molar-refractivity contribution in [2.24, 2.45) is 12.0 Å². The number of nitrogens with one attached hydrogen (secondary N) is 1. The number of nitrogens with zero attached hydrogens (tertiary/aromatic N) is 3. The third-order valence-electron chi connectivity index (χ3n) is 3.76. The lowest BCUT2D eigenvalue weighted by Crippen LogP contribution is -2.40. The van der Waals surface area contributed by atoms with Gasteiger partial charge in [-0.3, -0.25) is 4.99 Å². The van der Waals surface area contributed by atoms with Crippen LogP contribution in [-0.2, 0) is 13.6 Å². The van der Waals surface area contributed by atoms with Gasteiger partial charge in [-0.05, 0) is 23.8 Å². The summed E-state index contributed by atoms with van der Waals surface area (Å²) < 4.78 is 14.9. The summed E-state index contributed by atoms with van der Waals surface area (Å²) in [5, 5.41) is 14.0. The Hall–Kier alpha value is -2.05. The van der Waals surface area contributed by atoms with Crippen molar-refractivity contribution >= 4 is 17.6 Å². The highest BCUT2D eigenvalue weighted by Gasteiger charge is 2.12. The van der Waals surface area contributed by atoms with Crippen LogP contribution in [0.2, 0.25) is 5.02 Å². The van der Waals surface area contributed by atoms with Crippen LogP contribution in [0.1, 0.15) is 17.4 Å². The fourth-order valence-corrected chi connectivity index (χ4v) is 2.69. The quantitative estimate of drug-likeness (QED) is 0.642. The number of aliphatic imine (C=N–C) groups is 1. The molecule has 0 saturated carbocycles. The highest BCUT2D eigenvalue weighted by Crippen LogP contribution is 2.15. The van der Waals surface area contributed by atoms with E-state index in [0.717, 1.165) is 5.69 Å². The fraction of sp³-hybridized carbons (Fsp3) is 0.353. The summed E-state index contributed by atoms with van der Waals surface area (Å²) in [5.74, 6) is 0.323. The Bertz CT molecular complexity index is 699. The van der Waals surface area contributed by atoms with Gasteiger partial charge in [0.1, 0.15) is 5.82 Å². The van der Waals surface area contributed by atoms with E-state index in [2.05, 4.69) is 10.3 Å². The Labute approximate surface area is 146 Å². The van der Waals surface area contributed by atoms with E-state index in [1.807, 2.05) is 35.8 Å². The molecule has 24 heavy (non-hydrogen) atoms. The summed E-state index contributed by atoms with van der Waals surface area (Å²) in [6, 6.07) is 7.70. The molecule has 1 aromatic heterocycles. The van der Waals surface area contributed by atoms with Crippen LogP contribution in [0, 0.1) is 5.82 Å². The third kappa shape index (κ3) is 4.72. The van der Waals surface area contributed by atoms with Gasteiger partial charge in [-0.15, -0.1) is 0 Å². The number of aliphatic hydroxyl groups is 1. The zero-order chi connectivity index (χ0) is 17.7. The fourth-order valence-electron chi connectivity index (χ4n) is 2.42. The predicted octanol–water partition coefficient (Wildman–Crippen LogP) is 2.56. The van der Waals surface area contributed by atoms with Crippen molar-refractivity contribution in [3.05, 3.63) is 58.6 Å². The molecule has 0 bridgehead atoms. The number of aromatic nitrogens is 1. The van der Waals surface area contributed by atoms with Crippen LogP contribution < -0.4 is 5.32 Å². The Kier molecular flexibility index (Phi) is 6.23. The lowest BCUT2D eigenvalue weighted by Gasteiger charge is -2.23. The second-order valence-electron chi connectivity index (χ2n) is 5.61. The highest BCUT2D eigenvalue weighted by molar-refractivity contribution is 6.30. The second-order valence-corrected chi connectivity index (χ2v) is 6.05. The van der Waals surface area contributed by atoms with Gasteiger partial charge < -0.3 is 19.9 Å². The Morgan fingerprint density at radius 2 is 2.08 bits per heavy atom. The van der Waals surface area contributed by atoms with Gasteiger partial charge in [0.2, 0.25) is 0 Å². The Balaban J connectivity index is 1.94. The molecular formula is C17H22ClFN4O. The topological polar surface area (TPSA) is 52.8 Å². The first-order chi connectivity index (χ1) is 11.4. The first-order valence-corrected chi connectivity index (χ1v) is 7.94. The van der Waals surface area contributed by atoms with Gasteiger partial charge in [0.15, 0.2) is 5.96 Å². The molecule has 130 valence electrons. The monoisotopic (exact) mass is 352 g/mol. The van der Waals surface area contributed by atoms with Crippen molar-refractivity contribution in [2.75, 3.05) is 20.6 Å². The molecule has 2 aromatic rings. The molecule has 0 radical (unpaired) electrons. The second kappa shape index (κ2) is 8.17. The van der Waals surface area contributed by atoms with Gasteiger partial charge in [-0.1, -0.05) is 23.7 Å². The summed E-state index contributed by atoms with van der Waals surface area (Å²) in [7, 11) is 5.52. The van der Waals surface area contributed by atoms with Crippen molar-refractivity contribution in [3.63, 3.8) is 0 Å². The van der Waals surface area contributed by atoms with Gasteiger partial charge in [-0.2, -0.15) is 0 Å². The zero-order valence-electron chi connectivity index (χ0n) is 14.0. The van der Waals surface area contributed by atoms with Crippen LogP contribution in [0.4, 0.5) is 4.39 Å². The van der Waals surface area contributed by atoms with E-state index in [-0.39, 0.29) is 12.4 Å². The molecule has 7 heteroatoms. The molecule has 1 heterocycles. The van der Waals surface area contributed by atoms with E-state index in [1.165, 1.54) is 12.1 Å². The molecule has 0 saturated heterocycles. The minimum atomic E-state index is -0.750. The SMILES string of the molecule is CN=C(NCC(O)c1ccc(F)cc1)N(C)Cc1cc(Cl)cn1C. The number of hydrogen-bond donors (Lipinski definition) is 2. The van der Waals surface area contributed by atoms with Crippen LogP contribution in [0.5, 0.6) is 0 Å². The van der Waals surface area contributed by atoms with Crippen molar-refractivity contribution in [2.45, 2.75) is 12.6 Å². The number of halogens is 2. The maximum Gasteiger partial charge on any atom is 0.193 e. The smallest absolute Gasteiger partial charge is 0.193 e.